The van der Waals surface area contributed by atoms with Crippen molar-refractivity contribution in [3.8, 4) is 0 Å². The van der Waals surface area contributed by atoms with Gasteiger partial charge in [0.25, 0.3) is 5.91 Å². The highest BCUT2D eigenvalue weighted by Gasteiger charge is 2.18. The summed E-state index contributed by atoms with van der Waals surface area (Å²) >= 11 is 0. The average molecular weight is 392 g/mol. The first kappa shape index (κ1) is 20.8. The minimum atomic E-state index is -0.0737. The van der Waals surface area contributed by atoms with E-state index < -0.39 is 0 Å². The Hall–Kier alpha value is -2.92. The van der Waals surface area contributed by atoms with Gasteiger partial charge in [0.15, 0.2) is 0 Å². The lowest BCUT2D eigenvalue weighted by molar-refractivity contribution is 0.0635. The zero-order valence-electron chi connectivity index (χ0n) is 17.4. The lowest BCUT2D eigenvalue weighted by Crippen LogP contribution is -2.26. The van der Waals surface area contributed by atoms with Gasteiger partial charge in [0.2, 0.25) is 0 Å². The Labute approximate surface area is 172 Å². The van der Waals surface area contributed by atoms with Gasteiger partial charge in [-0.2, -0.15) is 5.10 Å². The van der Waals surface area contributed by atoms with Gasteiger partial charge >= 0.3 is 0 Å². The first-order chi connectivity index (χ1) is 14.1. The number of hydrogen-bond acceptors (Lipinski definition) is 3. The van der Waals surface area contributed by atoms with Crippen LogP contribution in [-0.2, 0) is 11.3 Å². The second kappa shape index (κ2) is 10.0. The maximum Gasteiger partial charge on any atom is 0.255 e. The smallest absolute Gasteiger partial charge is 0.255 e. The third-order valence-corrected chi connectivity index (χ3v) is 5.03. The number of ether oxygens (including phenoxy) is 1. The third-order valence-electron chi connectivity index (χ3n) is 5.03. The number of rotatable bonds is 9. The fourth-order valence-electron chi connectivity index (χ4n) is 3.38. The SMILES string of the molecule is Cc1nn(Cc2ccccc2)c(C)c1C(=O)NCCCOC(C)c1ccccc1. The molecule has 5 nitrogen and oxygen atoms in total. The van der Waals surface area contributed by atoms with Crippen molar-refractivity contribution in [1.29, 1.82) is 0 Å². The monoisotopic (exact) mass is 391 g/mol. The number of benzene rings is 2. The van der Waals surface area contributed by atoms with Crippen LogP contribution in [0.25, 0.3) is 0 Å². The normalized spacial score (nSPS) is 12.0. The Bertz CT molecular complexity index is 920. The molecule has 3 rings (SSSR count). The van der Waals surface area contributed by atoms with Crippen LogP contribution in [0.3, 0.4) is 0 Å². The summed E-state index contributed by atoms with van der Waals surface area (Å²) in [5, 5.41) is 7.56. The predicted molar refractivity (Wildman–Crippen MR) is 115 cm³/mol. The number of carbonyl (C=O) groups is 1. The van der Waals surface area contributed by atoms with Crippen LogP contribution in [0.1, 0.15) is 52.3 Å². The maximum absolute atomic E-state index is 12.7. The lowest BCUT2D eigenvalue weighted by Gasteiger charge is -2.13. The standard InChI is InChI=1S/C24H29N3O2/c1-18-23(19(2)27(26-18)17-21-11-6-4-7-12-21)24(28)25-15-10-16-29-20(3)22-13-8-5-9-14-22/h4-9,11-14,20H,10,15-17H2,1-3H3,(H,25,28). The van der Waals surface area contributed by atoms with E-state index in [1.165, 1.54) is 0 Å². The summed E-state index contributed by atoms with van der Waals surface area (Å²) in [6.45, 7) is 7.70. The number of aromatic nitrogens is 2. The molecule has 1 aromatic heterocycles. The second-order valence-corrected chi connectivity index (χ2v) is 7.22. The number of hydrogen-bond donors (Lipinski definition) is 1. The predicted octanol–water partition coefficient (Wildman–Crippen LogP) is 4.45. The summed E-state index contributed by atoms with van der Waals surface area (Å²) in [5.41, 5.74) is 4.63. The Morgan fingerprint density at radius 2 is 1.72 bits per heavy atom. The molecule has 0 fully saturated rings. The van der Waals surface area contributed by atoms with E-state index >= 15 is 0 Å². The van der Waals surface area contributed by atoms with Crippen LogP contribution in [0, 0.1) is 13.8 Å². The van der Waals surface area contributed by atoms with Crippen molar-refractivity contribution in [3.63, 3.8) is 0 Å². The van der Waals surface area contributed by atoms with E-state index in [4.69, 9.17) is 4.74 Å². The van der Waals surface area contributed by atoms with Gasteiger partial charge in [-0.1, -0.05) is 60.7 Å². The second-order valence-electron chi connectivity index (χ2n) is 7.22. The van der Waals surface area contributed by atoms with Gasteiger partial charge in [0.05, 0.1) is 23.9 Å². The van der Waals surface area contributed by atoms with E-state index in [9.17, 15) is 4.79 Å². The highest BCUT2D eigenvalue weighted by Crippen LogP contribution is 2.16. The van der Waals surface area contributed by atoms with E-state index in [-0.39, 0.29) is 12.0 Å². The molecule has 0 bridgehead atoms. The minimum absolute atomic E-state index is 0.0487. The summed E-state index contributed by atoms with van der Waals surface area (Å²) in [5.74, 6) is -0.0737. The van der Waals surface area contributed by atoms with Crippen LogP contribution in [-0.4, -0.2) is 28.8 Å². The van der Waals surface area contributed by atoms with Crippen LogP contribution in [0.15, 0.2) is 60.7 Å². The summed E-state index contributed by atoms with van der Waals surface area (Å²) in [6.07, 6.45) is 0.812. The van der Waals surface area contributed by atoms with Gasteiger partial charge in [0, 0.05) is 18.8 Å². The quantitative estimate of drug-likeness (QED) is 0.549. The molecule has 1 heterocycles. The van der Waals surface area contributed by atoms with Gasteiger partial charge in [-0.15, -0.1) is 0 Å². The summed E-state index contributed by atoms with van der Waals surface area (Å²) in [4.78, 5) is 12.7. The minimum Gasteiger partial charge on any atom is -0.374 e. The molecule has 1 N–H and O–H groups in total. The van der Waals surface area contributed by atoms with E-state index in [1.807, 2.05) is 61.9 Å². The number of carbonyl (C=O) groups excluding carboxylic acids is 1. The highest BCUT2D eigenvalue weighted by molar-refractivity contribution is 5.96. The van der Waals surface area contributed by atoms with E-state index in [2.05, 4.69) is 34.7 Å². The molecular formula is C24H29N3O2. The summed E-state index contributed by atoms with van der Waals surface area (Å²) in [7, 11) is 0. The largest absolute Gasteiger partial charge is 0.374 e. The fraction of sp³-hybridized carbons (Fsp3) is 0.333. The van der Waals surface area contributed by atoms with Crippen molar-refractivity contribution in [3.05, 3.63) is 88.7 Å². The molecule has 5 heteroatoms. The molecule has 0 aliphatic carbocycles. The Kier molecular flexibility index (Phi) is 7.19. The van der Waals surface area contributed by atoms with Crippen molar-refractivity contribution < 1.29 is 9.53 Å². The van der Waals surface area contributed by atoms with Crippen molar-refractivity contribution >= 4 is 5.91 Å². The van der Waals surface area contributed by atoms with Crippen LogP contribution < -0.4 is 5.32 Å². The van der Waals surface area contributed by atoms with Crippen LogP contribution >= 0.6 is 0 Å². The topological polar surface area (TPSA) is 56.2 Å². The Morgan fingerprint density at radius 1 is 1.07 bits per heavy atom. The number of nitrogens with one attached hydrogen (secondary N) is 1. The molecule has 1 amide bonds. The van der Waals surface area contributed by atoms with Crippen molar-refractivity contribution in [1.82, 2.24) is 15.1 Å². The molecule has 3 aromatic rings. The number of amides is 1. The highest BCUT2D eigenvalue weighted by atomic mass is 16.5. The molecule has 0 aliphatic rings. The zero-order valence-corrected chi connectivity index (χ0v) is 17.4. The van der Waals surface area contributed by atoms with E-state index in [0.717, 1.165) is 28.9 Å². The molecule has 0 spiro atoms. The summed E-state index contributed by atoms with van der Waals surface area (Å²) < 4.78 is 7.76. The van der Waals surface area contributed by atoms with Crippen molar-refractivity contribution in [2.24, 2.45) is 0 Å². The van der Waals surface area contributed by atoms with Crippen LogP contribution in [0.4, 0.5) is 0 Å². The van der Waals surface area contributed by atoms with Gasteiger partial charge in [-0.3, -0.25) is 9.48 Å². The molecule has 0 saturated heterocycles. The van der Waals surface area contributed by atoms with Gasteiger partial charge in [-0.25, -0.2) is 0 Å². The number of aryl methyl sites for hydroxylation is 1. The van der Waals surface area contributed by atoms with Crippen LogP contribution in [0.2, 0.25) is 0 Å². The number of nitrogens with zero attached hydrogens (tertiary/aromatic N) is 2. The van der Waals surface area contributed by atoms with Crippen LogP contribution in [0.5, 0.6) is 0 Å². The molecule has 0 aliphatic heterocycles. The van der Waals surface area contributed by atoms with Gasteiger partial charge in [-0.05, 0) is 38.3 Å². The van der Waals surface area contributed by atoms with Crippen molar-refractivity contribution in [2.45, 2.75) is 39.8 Å². The summed E-state index contributed by atoms with van der Waals surface area (Å²) in [6, 6.07) is 20.3. The van der Waals surface area contributed by atoms with Gasteiger partial charge in [0.1, 0.15) is 0 Å². The molecule has 0 saturated carbocycles. The lowest BCUT2D eigenvalue weighted by atomic mass is 10.1. The van der Waals surface area contributed by atoms with Gasteiger partial charge < -0.3 is 10.1 Å². The molecule has 0 radical (unpaired) electrons. The molecule has 1 atom stereocenters. The first-order valence-electron chi connectivity index (χ1n) is 10.1. The fourth-order valence-corrected chi connectivity index (χ4v) is 3.38. The first-order valence-corrected chi connectivity index (χ1v) is 10.1. The maximum atomic E-state index is 12.7. The molecular weight excluding hydrogens is 362 g/mol. The molecule has 152 valence electrons. The third kappa shape index (κ3) is 5.55. The molecule has 29 heavy (non-hydrogen) atoms. The average Bonchev–Trinajstić information content (AvgIpc) is 3.01. The van der Waals surface area contributed by atoms with Crippen molar-refractivity contribution in [2.75, 3.05) is 13.2 Å². The van der Waals surface area contributed by atoms with E-state index in [1.54, 1.807) is 0 Å². The van der Waals surface area contributed by atoms with E-state index in [0.29, 0.717) is 25.3 Å². The zero-order chi connectivity index (χ0) is 20.6. The molecule has 2 aromatic carbocycles. The molecule has 1 unspecified atom stereocenters. The Balaban J connectivity index is 1.48. The Morgan fingerprint density at radius 3 is 2.41 bits per heavy atom.